The number of hydrogen-bond acceptors (Lipinski definition) is 5. The normalized spacial score (nSPS) is 11.4. The maximum atomic E-state index is 10.2. The number of hydrogen-bond donors (Lipinski definition) is 2. The standard InChI is InChI=1S/C9H8O3.C6H6O2/c10-4-3-7-1-2-8-9(5-7)12-6-11-8;7-5-3-1-2-4-6(5)8/h1-2,4-5H,3,6H2;1-4,7-8H. The van der Waals surface area contributed by atoms with Crippen LogP contribution in [0.25, 0.3) is 0 Å². The molecule has 20 heavy (non-hydrogen) atoms. The van der Waals surface area contributed by atoms with E-state index in [9.17, 15) is 4.79 Å². The highest BCUT2D eigenvalue weighted by Gasteiger charge is 2.12. The van der Waals surface area contributed by atoms with Crippen LogP contribution >= 0.6 is 0 Å². The Morgan fingerprint density at radius 1 is 1.00 bits per heavy atom. The Morgan fingerprint density at radius 3 is 2.25 bits per heavy atom. The van der Waals surface area contributed by atoms with Crippen LogP contribution in [0.5, 0.6) is 23.0 Å². The van der Waals surface area contributed by atoms with Gasteiger partial charge in [-0.15, -0.1) is 0 Å². The van der Waals surface area contributed by atoms with Gasteiger partial charge in [0.25, 0.3) is 0 Å². The zero-order valence-electron chi connectivity index (χ0n) is 10.7. The average molecular weight is 274 g/mol. The van der Waals surface area contributed by atoms with Gasteiger partial charge in [0.15, 0.2) is 23.0 Å². The van der Waals surface area contributed by atoms with Gasteiger partial charge in [0.2, 0.25) is 6.79 Å². The first-order valence-electron chi connectivity index (χ1n) is 6.00. The summed E-state index contributed by atoms with van der Waals surface area (Å²) < 4.78 is 10.3. The van der Waals surface area contributed by atoms with Crippen LogP contribution in [0.4, 0.5) is 0 Å². The van der Waals surface area contributed by atoms with E-state index in [2.05, 4.69) is 0 Å². The second-order valence-electron chi connectivity index (χ2n) is 4.05. The second-order valence-corrected chi connectivity index (χ2v) is 4.05. The van der Waals surface area contributed by atoms with E-state index in [0.717, 1.165) is 23.3 Å². The molecule has 1 aliphatic heterocycles. The third-order valence-corrected chi connectivity index (χ3v) is 2.64. The summed E-state index contributed by atoms with van der Waals surface area (Å²) in [4.78, 5) is 10.2. The number of benzene rings is 2. The van der Waals surface area contributed by atoms with Crippen LogP contribution in [0.15, 0.2) is 42.5 Å². The molecule has 0 unspecified atom stereocenters. The van der Waals surface area contributed by atoms with Crippen LogP contribution in [-0.4, -0.2) is 23.3 Å². The minimum atomic E-state index is -0.0764. The molecule has 0 fully saturated rings. The second kappa shape index (κ2) is 6.47. The van der Waals surface area contributed by atoms with Gasteiger partial charge in [0.05, 0.1) is 0 Å². The van der Waals surface area contributed by atoms with Gasteiger partial charge in [-0.1, -0.05) is 18.2 Å². The Balaban J connectivity index is 0.000000160. The Hall–Kier alpha value is -2.69. The Morgan fingerprint density at radius 2 is 1.65 bits per heavy atom. The van der Waals surface area contributed by atoms with Crippen LogP contribution < -0.4 is 9.47 Å². The topological polar surface area (TPSA) is 76.0 Å². The number of ether oxygens (including phenoxy) is 2. The highest BCUT2D eigenvalue weighted by Crippen LogP contribution is 2.32. The van der Waals surface area contributed by atoms with Crippen LogP contribution in [0.1, 0.15) is 5.56 Å². The summed E-state index contributed by atoms with van der Waals surface area (Å²) >= 11 is 0. The first kappa shape index (κ1) is 13.7. The fourth-order valence-corrected chi connectivity index (χ4v) is 1.63. The fourth-order valence-electron chi connectivity index (χ4n) is 1.63. The number of aromatic hydroxyl groups is 2. The number of phenols is 2. The smallest absolute Gasteiger partial charge is 0.231 e. The molecule has 1 heterocycles. The van der Waals surface area contributed by atoms with Crippen molar-refractivity contribution in [3.8, 4) is 23.0 Å². The first-order valence-corrected chi connectivity index (χ1v) is 6.00. The average Bonchev–Trinajstić information content (AvgIpc) is 2.91. The van der Waals surface area contributed by atoms with E-state index < -0.39 is 0 Å². The molecule has 5 heteroatoms. The highest BCUT2D eigenvalue weighted by atomic mass is 16.7. The molecule has 2 N–H and O–H groups in total. The van der Waals surface area contributed by atoms with Crippen molar-refractivity contribution in [2.75, 3.05) is 6.79 Å². The van der Waals surface area contributed by atoms with E-state index in [4.69, 9.17) is 19.7 Å². The summed E-state index contributed by atoms with van der Waals surface area (Å²) in [6.45, 7) is 0.278. The minimum absolute atomic E-state index is 0.0764. The molecule has 0 atom stereocenters. The zero-order chi connectivity index (χ0) is 14.4. The Kier molecular flexibility index (Phi) is 4.44. The predicted octanol–water partition coefficient (Wildman–Crippen LogP) is 2.25. The van der Waals surface area contributed by atoms with Gasteiger partial charge in [-0.2, -0.15) is 0 Å². The van der Waals surface area contributed by atoms with Crippen molar-refractivity contribution in [2.24, 2.45) is 0 Å². The SMILES string of the molecule is O=CCc1ccc2c(c1)OCO2.Oc1ccccc1O. The monoisotopic (exact) mass is 274 g/mol. The lowest BCUT2D eigenvalue weighted by Crippen LogP contribution is -1.92. The van der Waals surface area contributed by atoms with Crippen molar-refractivity contribution in [3.05, 3.63) is 48.0 Å². The summed E-state index contributed by atoms with van der Waals surface area (Å²) in [5.74, 6) is 1.33. The molecule has 2 aromatic rings. The van der Waals surface area contributed by atoms with Crippen molar-refractivity contribution in [1.82, 2.24) is 0 Å². The molecular formula is C15H14O5. The van der Waals surface area contributed by atoms with E-state index in [1.54, 1.807) is 12.1 Å². The van der Waals surface area contributed by atoms with Gasteiger partial charge in [-0.3, -0.25) is 0 Å². The number of para-hydroxylation sites is 2. The maximum Gasteiger partial charge on any atom is 0.231 e. The first-order chi connectivity index (χ1) is 9.70. The lowest BCUT2D eigenvalue weighted by atomic mass is 10.1. The molecule has 0 bridgehead atoms. The minimum Gasteiger partial charge on any atom is -0.504 e. The van der Waals surface area contributed by atoms with Gasteiger partial charge >= 0.3 is 0 Å². The number of carbonyl (C=O) groups is 1. The molecule has 0 aliphatic carbocycles. The quantitative estimate of drug-likeness (QED) is 0.649. The van der Waals surface area contributed by atoms with Crippen LogP contribution in [0, 0.1) is 0 Å². The number of aldehydes is 1. The Labute approximate surface area is 116 Å². The molecular weight excluding hydrogens is 260 g/mol. The van der Waals surface area contributed by atoms with Crippen molar-refractivity contribution in [2.45, 2.75) is 6.42 Å². The lowest BCUT2D eigenvalue weighted by molar-refractivity contribution is -0.107. The number of phenolic OH excluding ortho intramolecular Hbond substituents is 2. The van der Waals surface area contributed by atoms with Gasteiger partial charge in [-0.25, -0.2) is 0 Å². The number of fused-ring (bicyclic) bond motifs is 1. The lowest BCUT2D eigenvalue weighted by Gasteiger charge is -1.97. The highest BCUT2D eigenvalue weighted by molar-refractivity contribution is 5.57. The molecule has 0 amide bonds. The van der Waals surface area contributed by atoms with Gasteiger partial charge in [-0.05, 0) is 29.8 Å². The van der Waals surface area contributed by atoms with E-state index >= 15 is 0 Å². The summed E-state index contributed by atoms with van der Waals surface area (Å²) in [7, 11) is 0. The molecule has 3 rings (SSSR count). The van der Waals surface area contributed by atoms with Gasteiger partial charge in [0.1, 0.15) is 6.29 Å². The third-order valence-electron chi connectivity index (χ3n) is 2.64. The van der Waals surface area contributed by atoms with Gasteiger partial charge < -0.3 is 24.5 Å². The molecule has 1 aliphatic rings. The fraction of sp³-hybridized carbons (Fsp3) is 0.133. The summed E-state index contributed by atoms with van der Waals surface area (Å²) in [6.07, 6.45) is 1.30. The van der Waals surface area contributed by atoms with Crippen LogP contribution in [-0.2, 0) is 11.2 Å². The maximum absolute atomic E-state index is 10.2. The third kappa shape index (κ3) is 3.41. The van der Waals surface area contributed by atoms with Crippen LogP contribution in [0.3, 0.4) is 0 Å². The van der Waals surface area contributed by atoms with E-state index in [1.165, 1.54) is 12.1 Å². The van der Waals surface area contributed by atoms with Crippen molar-refractivity contribution >= 4 is 6.29 Å². The van der Waals surface area contributed by atoms with E-state index in [-0.39, 0.29) is 18.3 Å². The number of rotatable bonds is 2. The molecule has 0 aromatic heterocycles. The van der Waals surface area contributed by atoms with Gasteiger partial charge in [0, 0.05) is 6.42 Å². The van der Waals surface area contributed by atoms with Crippen molar-refractivity contribution < 1.29 is 24.5 Å². The summed E-state index contributed by atoms with van der Waals surface area (Å²) in [5.41, 5.74) is 0.953. The summed E-state index contributed by atoms with van der Waals surface area (Å²) in [5, 5.41) is 17.3. The van der Waals surface area contributed by atoms with Crippen molar-refractivity contribution in [1.29, 1.82) is 0 Å². The molecule has 2 aromatic carbocycles. The molecule has 0 radical (unpaired) electrons. The van der Waals surface area contributed by atoms with Crippen LogP contribution in [0.2, 0.25) is 0 Å². The molecule has 0 spiro atoms. The van der Waals surface area contributed by atoms with Crippen molar-refractivity contribution in [3.63, 3.8) is 0 Å². The number of carbonyl (C=O) groups excluding carboxylic acids is 1. The predicted molar refractivity (Wildman–Crippen MR) is 72.1 cm³/mol. The van der Waals surface area contributed by atoms with E-state index in [0.29, 0.717) is 6.42 Å². The zero-order valence-corrected chi connectivity index (χ0v) is 10.7. The summed E-state index contributed by atoms with van der Waals surface area (Å²) in [6, 6.07) is 11.7. The molecule has 0 saturated carbocycles. The van der Waals surface area contributed by atoms with E-state index in [1.807, 2.05) is 18.2 Å². The molecule has 104 valence electrons. The Bertz CT molecular complexity index is 574. The largest absolute Gasteiger partial charge is 0.504 e. The molecule has 0 saturated heterocycles. The molecule has 5 nitrogen and oxygen atoms in total.